The molecule has 1 fully saturated rings. The van der Waals surface area contributed by atoms with Crippen LogP contribution in [0.4, 0.5) is 5.69 Å². The molecule has 1 aliphatic rings. The first-order valence-electron chi connectivity index (χ1n) is 8.12. The van der Waals surface area contributed by atoms with Crippen LogP contribution >= 0.6 is 0 Å². The standard InChI is InChI=1S/C20H19NO4/c1-12-7-13(2)9-14(8-12)10-16-11-18(22)21(19(16)23)17-5-3-15(4-6-17)20(24)25/h3-9,16H,10-11H2,1-2H3,(H,24,25)/t16-/m1/s1. The van der Waals surface area contributed by atoms with Crippen LogP contribution in [0.5, 0.6) is 0 Å². The molecule has 128 valence electrons. The maximum Gasteiger partial charge on any atom is 0.335 e. The summed E-state index contributed by atoms with van der Waals surface area (Å²) in [6, 6.07) is 11.9. The second kappa shape index (κ2) is 6.51. The van der Waals surface area contributed by atoms with E-state index in [4.69, 9.17) is 5.11 Å². The molecule has 2 amide bonds. The van der Waals surface area contributed by atoms with Crippen molar-refractivity contribution < 1.29 is 19.5 Å². The summed E-state index contributed by atoms with van der Waals surface area (Å²) in [5.41, 5.74) is 3.85. The molecule has 2 aromatic rings. The molecule has 5 heteroatoms. The van der Waals surface area contributed by atoms with Gasteiger partial charge in [0.2, 0.25) is 11.8 Å². The molecule has 5 nitrogen and oxygen atoms in total. The summed E-state index contributed by atoms with van der Waals surface area (Å²) in [7, 11) is 0. The van der Waals surface area contributed by atoms with Crippen LogP contribution in [-0.4, -0.2) is 22.9 Å². The highest BCUT2D eigenvalue weighted by Gasteiger charge is 2.39. The van der Waals surface area contributed by atoms with Crippen molar-refractivity contribution in [2.75, 3.05) is 4.90 Å². The number of nitrogens with zero attached hydrogens (tertiary/aromatic N) is 1. The monoisotopic (exact) mass is 337 g/mol. The van der Waals surface area contributed by atoms with Gasteiger partial charge < -0.3 is 5.11 Å². The Morgan fingerprint density at radius 1 is 1.08 bits per heavy atom. The minimum atomic E-state index is -1.04. The van der Waals surface area contributed by atoms with Crippen molar-refractivity contribution in [2.24, 2.45) is 5.92 Å². The molecule has 0 spiro atoms. The molecular formula is C20H19NO4. The Labute approximate surface area is 145 Å². The maximum absolute atomic E-state index is 12.7. The Balaban J connectivity index is 1.81. The molecule has 0 unspecified atom stereocenters. The molecule has 2 aromatic carbocycles. The van der Waals surface area contributed by atoms with Crippen LogP contribution < -0.4 is 4.90 Å². The lowest BCUT2D eigenvalue weighted by Crippen LogP contribution is -2.30. The smallest absolute Gasteiger partial charge is 0.335 e. The van der Waals surface area contributed by atoms with Gasteiger partial charge in [0, 0.05) is 6.42 Å². The van der Waals surface area contributed by atoms with E-state index < -0.39 is 5.97 Å². The van der Waals surface area contributed by atoms with E-state index in [-0.39, 0.29) is 29.7 Å². The average Bonchev–Trinajstić information content (AvgIpc) is 2.80. The number of hydrogen-bond donors (Lipinski definition) is 1. The number of carboxylic acid groups (broad SMARTS) is 1. The lowest BCUT2D eigenvalue weighted by atomic mass is 9.95. The minimum Gasteiger partial charge on any atom is -0.478 e. The van der Waals surface area contributed by atoms with Crippen LogP contribution in [0.1, 0.15) is 33.5 Å². The van der Waals surface area contributed by atoms with Crippen LogP contribution in [0, 0.1) is 19.8 Å². The van der Waals surface area contributed by atoms with Gasteiger partial charge in [0.05, 0.1) is 17.2 Å². The Hall–Kier alpha value is -2.95. The second-order valence-electron chi connectivity index (χ2n) is 6.52. The molecule has 0 radical (unpaired) electrons. The van der Waals surface area contributed by atoms with E-state index >= 15 is 0 Å². The van der Waals surface area contributed by atoms with Crippen molar-refractivity contribution in [2.45, 2.75) is 26.7 Å². The van der Waals surface area contributed by atoms with Crippen LogP contribution in [-0.2, 0) is 16.0 Å². The quantitative estimate of drug-likeness (QED) is 0.870. The summed E-state index contributed by atoms with van der Waals surface area (Å²) in [5, 5.41) is 8.95. The summed E-state index contributed by atoms with van der Waals surface area (Å²) in [5.74, 6) is -1.90. The fraction of sp³-hybridized carbons (Fsp3) is 0.250. The zero-order chi connectivity index (χ0) is 18.1. The van der Waals surface area contributed by atoms with Gasteiger partial charge in [0.25, 0.3) is 0 Å². The topological polar surface area (TPSA) is 74.7 Å². The predicted octanol–water partition coefficient (Wildman–Crippen LogP) is 3.12. The Morgan fingerprint density at radius 3 is 2.24 bits per heavy atom. The van der Waals surface area contributed by atoms with E-state index in [9.17, 15) is 14.4 Å². The van der Waals surface area contributed by atoms with Crippen LogP contribution in [0.2, 0.25) is 0 Å². The first kappa shape index (κ1) is 16.9. The van der Waals surface area contributed by atoms with E-state index in [0.717, 1.165) is 16.7 Å². The van der Waals surface area contributed by atoms with Crippen molar-refractivity contribution in [1.29, 1.82) is 0 Å². The number of hydrogen-bond acceptors (Lipinski definition) is 3. The number of imide groups is 1. The van der Waals surface area contributed by atoms with Gasteiger partial charge in [-0.05, 0) is 50.1 Å². The molecule has 0 bridgehead atoms. The van der Waals surface area contributed by atoms with Crippen LogP contribution in [0.3, 0.4) is 0 Å². The van der Waals surface area contributed by atoms with Crippen molar-refractivity contribution in [3.63, 3.8) is 0 Å². The van der Waals surface area contributed by atoms with Gasteiger partial charge in [-0.3, -0.25) is 14.5 Å². The van der Waals surface area contributed by atoms with Gasteiger partial charge in [-0.1, -0.05) is 29.3 Å². The van der Waals surface area contributed by atoms with Gasteiger partial charge >= 0.3 is 5.97 Å². The number of aromatic carboxylic acids is 1. The van der Waals surface area contributed by atoms with E-state index in [0.29, 0.717) is 12.1 Å². The molecule has 1 N–H and O–H groups in total. The van der Waals surface area contributed by atoms with E-state index in [1.54, 1.807) is 0 Å². The van der Waals surface area contributed by atoms with Crippen LogP contribution in [0.15, 0.2) is 42.5 Å². The normalized spacial score (nSPS) is 17.2. The van der Waals surface area contributed by atoms with Gasteiger partial charge in [0.15, 0.2) is 0 Å². The lowest BCUT2D eigenvalue weighted by molar-refractivity contribution is -0.122. The Bertz CT molecular complexity index is 834. The third kappa shape index (κ3) is 3.45. The van der Waals surface area contributed by atoms with Gasteiger partial charge in [0.1, 0.15) is 0 Å². The summed E-state index contributed by atoms with van der Waals surface area (Å²) in [6.07, 6.45) is 0.698. The highest BCUT2D eigenvalue weighted by atomic mass is 16.4. The number of anilines is 1. The summed E-state index contributed by atoms with van der Waals surface area (Å²) in [4.78, 5) is 37.1. The molecular weight excluding hydrogens is 318 g/mol. The Morgan fingerprint density at radius 2 is 1.68 bits per heavy atom. The van der Waals surface area contributed by atoms with E-state index in [1.807, 2.05) is 26.0 Å². The predicted molar refractivity (Wildman–Crippen MR) is 93.6 cm³/mol. The lowest BCUT2D eigenvalue weighted by Gasteiger charge is -2.15. The van der Waals surface area contributed by atoms with Crippen molar-refractivity contribution in [3.8, 4) is 0 Å². The number of carbonyl (C=O) groups is 3. The van der Waals surface area contributed by atoms with E-state index in [1.165, 1.54) is 29.2 Å². The SMILES string of the molecule is Cc1cc(C)cc(C[C@@H]2CC(=O)N(c3ccc(C(=O)O)cc3)C2=O)c1. The minimum absolute atomic E-state index is 0.120. The molecule has 25 heavy (non-hydrogen) atoms. The fourth-order valence-corrected chi connectivity index (χ4v) is 3.35. The third-order valence-electron chi connectivity index (χ3n) is 4.38. The second-order valence-corrected chi connectivity index (χ2v) is 6.52. The van der Waals surface area contributed by atoms with Gasteiger partial charge in [-0.25, -0.2) is 4.79 Å². The molecule has 1 aliphatic heterocycles. The fourth-order valence-electron chi connectivity index (χ4n) is 3.35. The number of amides is 2. The molecule has 1 saturated heterocycles. The summed E-state index contributed by atoms with van der Waals surface area (Å²) in [6.45, 7) is 4.02. The Kier molecular flexibility index (Phi) is 4.40. The van der Waals surface area contributed by atoms with Crippen LogP contribution in [0.25, 0.3) is 0 Å². The molecule has 0 aromatic heterocycles. The maximum atomic E-state index is 12.7. The third-order valence-corrected chi connectivity index (χ3v) is 4.38. The number of aryl methyl sites for hydroxylation is 2. The number of carbonyl (C=O) groups excluding carboxylic acids is 2. The average molecular weight is 337 g/mol. The molecule has 1 atom stereocenters. The largest absolute Gasteiger partial charge is 0.478 e. The van der Waals surface area contributed by atoms with Gasteiger partial charge in [-0.15, -0.1) is 0 Å². The van der Waals surface area contributed by atoms with E-state index in [2.05, 4.69) is 6.07 Å². The van der Waals surface area contributed by atoms with Crippen molar-refractivity contribution in [3.05, 3.63) is 64.7 Å². The first-order chi connectivity index (χ1) is 11.8. The zero-order valence-corrected chi connectivity index (χ0v) is 14.2. The summed E-state index contributed by atoms with van der Waals surface area (Å²) >= 11 is 0. The van der Waals surface area contributed by atoms with Crippen molar-refractivity contribution in [1.82, 2.24) is 0 Å². The van der Waals surface area contributed by atoms with Crippen molar-refractivity contribution >= 4 is 23.5 Å². The number of carboxylic acids is 1. The molecule has 0 saturated carbocycles. The zero-order valence-electron chi connectivity index (χ0n) is 14.2. The highest BCUT2D eigenvalue weighted by molar-refractivity contribution is 6.21. The van der Waals surface area contributed by atoms with Gasteiger partial charge in [-0.2, -0.15) is 0 Å². The molecule has 0 aliphatic carbocycles. The first-order valence-corrected chi connectivity index (χ1v) is 8.12. The molecule has 1 heterocycles. The number of rotatable bonds is 4. The molecule has 3 rings (SSSR count). The number of benzene rings is 2. The summed E-state index contributed by atoms with van der Waals surface area (Å²) < 4.78 is 0. The highest BCUT2D eigenvalue weighted by Crippen LogP contribution is 2.29.